The Morgan fingerprint density at radius 1 is 1.23 bits per heavy atom. The summed E-state index contributed by atoms with van der Waals surface area (Å²) < 4.78 is 5.57. The Kier molecular flexibility index (Phi) is 5.08. The van der Waals surface area contributed by atoms with Crippen LogP contribution in [0.4, 0.5) is 0 Å². The lowest BCUT2D eigenvalue weighted by Crippen LogP contribution is -2.36. The standard InChI is InChI=1S/C16H19ClN2O3/c1-9(2)15(20)18-6-7-19-16(21)14-10(3)12-8-11(17)4-5-13(12)22-14/h4-5,8-9H,6-7H2,1-3H3,(H,18,20)(H,19,21). The molecule has 0 aliphatic carbocycles. The van der Waals surface area contributed by atoms with Gasteiger partial charge in [0.05, 0.1) is 0 Å². The van der Waals surface area contributed by atoms with Crippen molar-refractivity contribution in [3.05, 3.63) is 34.5 Å². The van der Waals surface area contributed by atoms with Gasteiger partial charge in [-0.05, 0) is 25.1 Å². The molecule has 118 valence electrons. The van der Waals surface area contributed by atoms with Gasteiger partial charge in [0.1, 0.15) is 5.58 Å². The number of amides is 2. The zero-order valence-electron chi connectivity index (χ0n) is 12.8. The van der Waals surface area contributed by atoms with Crippen LogP contribution in [0.5, 0.6) is 0 Å². The molecule has 5 nitrogen and oxygen atoms in total. The summed E-state index contributed by atoms with van der Waals surface area (Å²) in [5.41, 5.74) is 1.38. The second-order valence-electron chi connectivity index (χ2n) is 5.40. The highest BCUT2D eigenvalue weighted by molar-refractivity contribution is 6.31. The average molecular weight is 323 g/mol. The predicted molar refractivity (Wildman–Crippen MR) is 86.1 cm³/mol. The van der Waals surface area contributed by atoms with E-state index in [4.69, 9.17) is 16.0 Å². The lowest BCUT2D eigenvalue weighted by molar-refractivity contribution is -0.123. The van der Waals surface area contributed by atoms with E-state index in [1.54, 1.807) is 18.2 Å². The number of hydrogen-bond donors (Lipinski definition) is 2. The highest BCUT2D eigenvalue weighted by Crippen LogP contribution is 2.27. The first-order valence-corrected chi connectivity index (χ1v) is 7.52. The Bertz CT molecular complexity index is 707. The zero-order valence-corrected chi connectivity index (χ0v) is 13.6. The van der Waals surface area contributed by atoms with Crippen LogP contribution in [0, 0.1) is 12.8 Å². The first-order chi connectivity index (χ1) is 10.4. The third kappa shape index (κ3) is 3.60. The molecule has 0 spiro atoms. The SMILES string of the molecule is Cc1c(C(=O)NCCNC(=O)C(C)C)oc2ccc(Cl)cc12. The van der Waals surface area contributed by atoms with Gasteiger partial charge in [0.25, 0.3) is 5.91 Å². The third-order valence-electron chi connectivity index (χ3n) is 3.34. The lowest BCUT2D eigenvalue weighted by atomic mass is 10.1. The molecule has 1 aromatic heterocycles. The van der Waals surface area contributed by atoms with Crippen LogP contribution in [0.15, 0.2) is 22.6 Å². The van der Waals surface area contributed by atoms with Crippen LogP contribution in [0.3, 0.4) is 0 Å². The molecular formula is C16H19ClN2O3. The van der Waals surface area contributed by atoms with Gasteiger partial charge in [-0.2, -0.15) is 0 Å². The van der Waals surface area contributed by atoms with E-state index in [0.717, 1.165) is 10.9 Å². The molecule has 2 aromatic rings. The van der Waals surface area contributed by atoms with Crippen LogP contribution in [-0.4, -0.2) is 24.9 Å². The number of halogens is 1. The van der Waals surface area contributed by atoms with Gasteiger partial charge in [-0.15, -0.1) is 0 Å². The molecule has 2 amide bonds. The van der Waals surface area contributed by atoms with E-state index in [1.165, 1.54) is 0 Å². The molecule has 6 heteroatoms. The van der Waals surface area contributed by atoms with Crippen molar-refractivity contribution in [2.24, 2.45) is 5.92 Å². The average Bonchev–Trinajstić information content (AvgIpc) is 2.80. The number of fused-ring (bicyclic) bond motifs is 1. The molecule has 0 aliphatic rings. The molecule has 0 aliphatic heterocycles. The summed E-state index contributed by atoms with van der Waals surface area (Å²) in [5, 5.41) is 6.89. The molecule has 0 radical (unpaired) electrons. The predicted octanol–water partition coefficient (Wildman–Crippen LogP) is 2.90. The Morgan fingerprint density at radius 2 is 1.91 bits per heavy atom. The first-order valence-electron chi connectivity index (χ1n) is 7.14. The third-order valence-corrected chi connectivity index (χ3v) is 3.57. The maximum atomic E-state index is 12.1. The van der Waals surface area contributed by atoms with Crippen LogP contribution in [0.1, 0.15) is 30.0 Å². The largest absolute Gasteiger partial charge is 0.451 e. The second kappa shape index (κ2) is 6.83. The highest BCUT2D eigenvalue weighted by atomic mass is 35.5. The van der Waals surface area contributed by atoms with Crippen LogP contribution < -0.4 is 10.6 Å². The molecular weight excluding hydrogens is 304 g/mol. The highest BCUT2D eigenvalue weighted by Gasteiger charge is 2.17. The van der Waals surface area contributed by atoms with Gasteiger partial charge < -0.3 is 15.1 Å². The number of carbonyl (C=O) groups excluding carboxylic acids is 2. The maximum Gasteiger partial charge on any atom is 0.287 e. The van der Waals surface area contributed by atoms with Crippen molar-refractivity contribution in [3.63, 3.8) is 0 Å². The molecule has 0 bridgehead atoms. The maximum absolute atomic E-state index is 12.1. The number of nitrogens with one attached hydrogen (secondary N) is 2. The van der Waals surface area contributed by atoms with Gasteiger partial charge in [-0.1, -0.05) is 25.4 Å². The van der Waals surface area contributed by atoms with Crippen LogP contribution in [0.25, 0.3) is 11.0 Å². The number of carbonyl (C=O) groups is 2. The molecule has 1 heterocycles. The molecule has 2 rings (SSSR count). The smallest absolute Gasteiger partial charge is 0.287 e. The zero-order chi connectivity index (χ0) is 16.3. The molecule has 22 heavy (non-hydrogen) atoms. The summed E-state index contributed by atoms with van der Waals surface area (Å²) in [6, 6.07) is 5.23. The first kappa shape index (κ1) is 16.4. The molecule has 0 saturated carbocycles. The van der Waals surface area contributed by atoms with Crippen molar-refractivity contribution in [2.45, 2.75) is 20.8 Å². The van der Waals surface area contributed by atoms with E-state index in [0.29, 0.717) is 23.7 Å². The number of furan rings is 1. The van der Waals surface area contributed by atoms with Gasteiger partial charge in [-0.25, -0.2) is 0 Å². The lowest BCUT2D eigenvalue weighted by Gasteiger charge is -2.08. The van der Waals surface area contributed by atoms with E-state index < -0.39 is 0 Å². The minimum Gasteiger partial charge on any atom is -0.451 e. The van der Waals surface area contributed by atoms with Gasteiger partial charge in [0.15, 0.2) is 5.76 Å². The number of benzene rings is 1. The summed E-state index contributed by atoms with van der Waals surface area (Å²) in [6.45, 7) is 6.17. The van der Waals surface area contributed by atoms with Crippen LogP contribution >= 0.6 is 11.6 Å². The monoisotopic (exact) mass is 322 g/mol. The van der Waals surface area contributed by atoms with E-state index in [2.05, 4.69) is 10.6 Å². The molecule has 0 atom stereocenters. The summed E-state index contributed by atoms with van der Waals surface area (Å²) >= 11 is 5.95. The number of hydrogen-bond acceptors (Lipinski definition) is 3. The van der Waals surface area contributed by atoms with Crippen molar-refractivity contribution >= 4 is 34.4 Å². The Labute approximate surface area is 134 Å². The molecule has 0 fully saturated rings. The minimum atomic E-state index is -0.302. The topological polar surface area (TPSA) is 71.3 Å². The van der Waals surface area contributed by atoms with E-state index >= 15 is 0 Å². The van der Waals surface area contributed by atoms with Crippen molar-refractivity contribution in [3.8, 4) is 0 Å². The summed E-state index contributed by atoms with van der Waals surface area (Å²) in [6.07, 6.45) is 0. The van der Waals surface area contributed by atoms with E-state index in [1.807, 2.05) is 20.8 Å². The molecule has 0 saturated heterocycles. The summed E-state index contributed by atoms with van der Waals surface area (Å²) in [5.74, 6) is -0.141. The Balaban J connectivity index is 1.98. The van der Waals surface area contributed by atoms with Gasteiger partial charge in [0.2, 0.25) is 5.91 Å². The second-order valence-corrected chi connectivity index (χ2v) is 5.83. The molecule has 1 aromatic carbocycles. The minimum absolute atomic E-state index is 0.0381. The van der Waals surface area contributed by atoms with Gasteiger partial charge in [0, 0.05) is 35.0 Å². The fraction of sp³-hybridized carbons (Fsp3) is 0.375. The Hall–Kier alpha value is -2.01. The normalized spacial score (nSPS) is 11.0. The quantitative estimate of drug-likeness (QED) is 0.831. The van der Waals surface area contributed by atoms with Crippen molar-refractivity contribution < 1.29 is 14.0 Å². The van der Waals surface area contributed by atoms with Gasteiger partial charge >= 0.3 is 0 Å². The summed E-state index contributed by atoms with van der Waals surface area (Å²) in [7, 11) is 0. The van der Waals surface area contributed by atoms with Gasteiger partial charge in [-0.3, -0.25) is 9.59 Å². The van der Waals surface area contributed by atoms with Crippen molar-refractivity contribution in [2.75, 3.05) is 13.1 Å². The van der Waals surface area contributed by atoms with Crippen LogP contribution in [0.2, 0.25) is 5.02 Å². The fourth-order valence-electron chi connectivity index (χ4n) is 2.06. The fourth-order valence-corrected chi connectivity index (χ4v) is 2.23. The molecule has 2 N–H and O–H groups in total. The number of aryl methyl sites for hydroxylation is 1. The van der Waals surface area contributed by atoms with E-state index in [-0.39, 0.29) is 23.5 Å². The van der Waals surface area contributed by atoms with Crippen molar-refractivity contribution in [1.29, 1.82) is 0 Å². The summed E-state index contributed by atoms with van der Waals surface area (Å²) in [4.78, 5) is 23.6. The van der Waals surface area contributed by atoms with Crippen LogP contribution in [-0.2, 0) is 4.79 Å². The molecule has 0 unspecified atom stereocenters. The number of rotatable bonds is 5. The van der Waals surface area contributed by atoms with E-state index in [9.17, 15) is 9.59 Å². The van der Waals surface area contributed by atoms with Crippen molar-refractivity contribution in [1.82, 2.24) is 10.6 Å². The Morgan fingerprint density at radius 3 is 2.59 bits per heavy atom.